The van der Waals surface area contributed by atoms with Crippen molar-refractivity contribution in [2.75, 3.05) is 26.3 Å². The second kappa shape index (κ2) is 16.2. The predicted octanol–water partition coefficient (Wildman–Crippen LogP) is 2.95. The molecule has 0 aromatic heterocycles. The molecule has 4 N–H and O–H groups in total. The molecular weight excluding hydrogens is 574 g/mol. The van der Waals surface area contributed by atoms with E-state index >= 15 is 0 Å². The van der Waals surface area contributed by atoms with Gasteiger partial charge < -0.3 is 30.5 Å². The third kappa shape index (κ3) is 9.60. The molecular formula is C35H43N3O7. The molecule has 0 saturated carbocycles. The number of aliphatic carboxylic acids is 1. The van der Waals surface area contributed by atoms with E-state index in [1.165, 1.54) is 0 Å². The summed E-state index contributed by atoms with van der Waals surface area (Å²) in [4.78, 5) is 54.5. The van der Waals surface area contributed by atoms with E-state index in [1.54, 1.807) is 4.90 Å². The SMILES string of the molecule is CC(C)CC(NC(=O)[C@H](Cc1ccccc1)NC(=O)C(CC(=O)N1CCOCC1)Cc1cccc2ccccc12)C(O)C(=O)O. The average Bonchev–Trinajstić information content (AvgIpc) is 3.04. The van der Waals surface area contributed by atoms with Gasteiger partial charge in [-0.25, -0.2) is 4.79 Å². The number of amides is 3. The zero-order valence-electron chi connectivity index (χ0n) is 25.9. The lowest BCUT2D eigenvalue weighted by molar-refractivity contribution is -0.149. The minimum absolute atomic E-state index is 0.0114. The first-order valence-corrected chi connectivity index (χ1v) is 15.5. The number of carbonyl (C=O) groups excluding carboxylic acids is 3. The zero-order valence-corrected chi connectivity index (χ0v) is 25.9. The van der Waals surface area contributed by atoms with Crippen molar-refractivity contribution in [3.63, 3.8) is 0 Å². The third-order valence-corrected chi connectivity index (χ3v) is 8.10. The van der Waals surface area contributed by atoms with Crippen LogP contribution in [0.2, 0.25) is 0 Å². The molecule has 0 spiro atoms. The van der Waals surface area contributed by atoms with Gasteiger partial charge in [-0.1, -0.05) is 86.6 Å². The quantitative estimate of drug-likeness (QED) is 0.218. The molecule has 10 nitrogen and oxygen atoms in total. The summed E-state index contributed by atoms with van der Waals surface area (Å²) in [5, 5.41) is 27.4. The molecule has 3 unspecified atom stereocenters. The van der Waals surface area contributed by atoms with Gasteiger partial charge >= 0.3 is 5.97 Å². The molecule has 0 radical (unpaired) electrons. The third-order valence-electron chi connectivity index (χ3n) is 8.10. The zero-order chi connectivity index (χ0) is 32.3. The highest BCUT2D eigenvalue weighted by atomic mass is 16.5. The van der Waals surface area contributed by atoms with Gasteiger partial charge in [0.1, 0.15) is 6.04 Å². The molecule has 1 fully saturated rings. The summed E-state index contributed by atoms with van der Waals surface area (Å²) in [5.74, 6) is -3.47. The Morgan fingerprint density at radius 3 is 2.20 bits per heavy atom. The first-order valence-electron chi connectivity index (χ1n) is 15.5. The summed E-state index contributed by atoms with van der Waals surface area (Å²) in [5.41, 5.74) is 1.70. The average molecular weight is 618 g/mol. The molecule has 3 aromatic rings. The van der Waals surface area contributed by atoms with E-state index in [4.69, 9.17) is 4.74 Å². The Bertz CT molecular complexity index is 1450. The monoisotopic (exact) mass is 617 g/mol. The molecule has 240 valence electrons. The number of hydrogen-bond donors (Lipinski definition) is 4. The molecule has 45 heavy (non-hydrogen) atoms. The highest BCUT2D eigenvalue weighted by Crippen LogP contribution is 2.24. The normalized spacial score (nSPS) is 16.0. The Morgan fingerprint density at radius 1 is 0.844 bits per heavy atom. The first-order chi connectivity index (χ1) is 21.6. The van der Waals surface area contributed by atoms with Crippen molar-refractivity contribution in [1.29, 1.82) is 0 Å². The van der Waals surface area contributed by atoms with Gasteiger partial charge in [0, 0.05) is 25.9 Å². The maximum Gasteiger partial charge on any atom is 0.334 e. The molecule has 3 amide bonds. The topological polar surface area (TPSA) is 145 Å². The lowest BCUT2D eigenvalue weighted by Crippen LogP contribution is -2.56. The number of morpholine rings is 1. The van der Waals surface area contributed by atoms with E-state index in [0.717, 1.165) is 21.9 Å². The van der Waals surface area contributed by atoms with Gasteiger partial charge in [-0.3, -0.25) is 14.4 Å². The second-order valence-corrected chi connectivity index (χ2v) is 12.0. The van der Waals surface area contributed by atoms with Gasteiger partial charge in [-0.05, 0) is 40.7 Å². The number of ether oxygens (including phenoxy) is 1. The van der Waals surface area contributed by atoms with Gasteiger partial charge in [-0.15, -0.1) is 0 Å². The highest BCUT2D eigenvalue weighted by Gasteiger charge is 2.33. The number of carboxylic acid groups (broad SMARTS) is 1. The molecule has 3 aromatic carbocycles. The van der Waals surface area contributed by atoms with Crippen LogP contribution in [0.15, 0.2) is 72.8 Å². The van der Waals surface area contributed by atoms with Gasteiger partial charge in [0.15, 0.2) is 6.10 Å². The molecule has 1 aliphatic rings. The number of rotatable bonds is 14. The van der Waals surface area contributed by atoms with Gasteiger partial charge in [0.2, 0.25) is 17.7 Å². The summed E-state index contributed by atoms with van der Waals surface area (Å²) in [6, 6.07) is 20.7. The van der Waals surface area contributed by atoms with Crippen molar-refractivity contribution in [2.24, 2.45) is 11.8 Å². The number of fused-ring (bicyclic) bond motifs is 1. The maximum atomic E-state index is 14.1. The summed E-state index contributed by atoms with van der Waals surface area (Å²) >= 11 is 0. The van der Waals surface area contributed by atoms with Crippen molar-refractivity contribution in [3.05, 3.63) is 83.9 Å². The minimum atomic E-state index is -1.81. The van der Waals surface area contributed by atoms with Crippen LogP contribution in [-0.4, -0.2) is 83.3 Å². The summed E-state index contributed by atoms with van der Waals surface area (Å²) in [6.45, 7) is 5.49. The lowest BCUT2D eigenvalue weighted by atomic mass is 9.91. The number of carbonyl (C=O) groups is 4. The fourth-order valence-corrected chi connectivity index (χ4v) is 5.72. The van der Waals surface area contributed by atoms with E-state index in [2.05, 4.69) is 10.6 Å². The molecule has 4 rings (SSSR count). The Hall–Kier alpha value is -4.28. The largest absolute Gasteiger partial charge is 0.479 e. The van der Waals surface area contributed by atoms with Crippen molar-refractivity contribution < 1.29 is 34.1 Å². The second-order valence-electron chi connectivity index (χ2n) is 12.0. The Labute approximate surface area is 263 Å². The first kappa shape index (κ1) is 33.6. The van der Waals surface area contributed by atoms with Crippen LogP contribution >= 0.6 is 0 Å². The Morgan fingerprint density at radius 2 is 1.51 bits per heavy atom. The predicted molar refractivity (Wildman–Crippen MR) is 170 cm³/mol. The minimum Gasteiger partial charge on any atom is -0.479 e. The summed E-state index contributed by atoms with van der Waals surface area (Å²) < 4.78 is 5.40. The van der Waals surface area contributed by atoms with Crippen LogP contribution in [0.1, 0.15) is 37.8 Å². The van der Waals surface area contributed by atoms with Crippen LogP contribution in [0.25, 0.3) is 10.8 Å². The standard InChI is InChI=1S/C35H43N3O7/c1-23(2)19-29(32(40)35(43)44)36-34(42)30(20-24-9-4-3-5-10-24)37-33(41)27(22-31(39)38-15-17-45-18-16-38)21-26-13-8-12-25-11-6-7-14-28(25)26/h3-14,23,27,29-30,32,40H,15-22H2,1-2H3,(H,36,42)(H,37,41)(H,43,44)/t27?,29?,30-,32?/m0/s1. The van der Waals surface area contributed by atoms with Gasteiger partial charge in [-0.2, -0.15) is 0 Å². The maximum absolute atomic E-state index is 14.1. The van der Waals surface area contributed by atoms with Crippen LogP contribution in [0.4, 0.5) is 0 Å². The van der Waals surface area contributed by atoms with E-state index in [9.17, 15) is 29.4 Å². The molecule has 0 bridgehead atoms. The molecule has 1 saturated heterocycles. The number of benzene rings is 3. The van der Waals surface area contributed by atoms with Gasteiger partial charge in [0.25, 0.3) is 0 Å². The van der Waals surface area contributed by atoms with Crippen LogP contribution in [-0.2, 0) is 36.8 Å². The molecule has 0 aliphatic carbocycles. The van der Waals surface area contributed by atoms with Gasteiger partial charge in [0.05, 0.1) is 25.2 Å². The van der Waals surface area contributed by atoms with Crippen molar-refractivity contribution >= 4 is 34.5 Å². The van der Waals surface area contributed by atoms with Crippen molar-refractivity contribution in [1.82, 2.24) is 15.5 Å². The lowest BCUT2D eigenvalue weighted by Gasteiger charge is -2.29. The van der Waals surface area contributed by atoms with E-state index in [-0.39, 0.29) is 37.5 Å². The van der Waals surface area contributed by atoms with Crippen molar-refractivity contribution in [3.8, 4) is 0 Å². The number of carboxylic acids is 1. The molecule has 1 heterocycles. The summed E-state index contributed by atoms with van der Waals surface area (Å²) in [6.07, 6.45) is -1.23. The highest BCUT2D eigenvalue weighted by molar-refractivity contribution is 5.92. The van der Waals surface area contributed by atoms with Crippen molar-refractivity contribution in [2.45, 2.75) is 57.7 Å². The number of aliphatic hydroxyl groups is 1. The molecule has 1 aliphatic heterocycles. The Balaban J connectivity index is 1.62. The number of nitrogens with one attached hydrogen (secondary N) is 2. The molecule has 10 heteroatoms. The van der Waals surface area contributed by atoms with E-state index in [1.807, 2.05) is 86.6 Å². The number of hydrogen-bond acceptors (Lipinski definition) is 6. The van der Waals surface area contributed by atoms with E-state index < -0.39 is 41.9 Å². The smallest absolute Gasteiger partial charge is 0.334 e. The fraction of sp³-hybridized carbons (Fsp3) is 0.429. The number of nitrogens with zero attached hydrogens (tertiary/aromatic N) is 1. The van der Waals surface area contributed by atoms with Crippen LogP contribution < -0.4 is 10.6 Å². The number of aliphatic hydroxyl groups excluding tert-OH is 1. The van der Waals surface area contributed by atoms with Crippen LogP contribution in [0, 0.1) is 11.8 Å². The fourth-order valence-electron chi connectivity index (χ4n) is 5.72. The van der Waals surface area contributed by atoms with Crippen LogP contribution in [0.5, 0.6) is 0 Å². The summed E-state index contributed by atoms with van der Waals surface area (Å²) in [7, 11) is 0. The van der Waals surface area contributed by atoms with Crippen LogP contribution in [0.3, 0.4) is 0 Å². The Kier molecular flexibility index (Phi) is 12.1. The van der Waals surface area contributed by atoms with E-state index in [0.29, 0.717) is 26.3 Å². The molecule has 4 atom stereocenters.